The molecule has 1 rings (SSSR count). The number of esters is 1. The zero-order valence-corrected chi connectivity index (χ0v) is 7.09. The summed E-state index contributed by atoms with van der Waals surface area (Å²) >= 11 is 0. The van der Waals surface area contributed by atoms with Gasteiger partial charge in [-0.25, -0.2) is 0 Å². The topological polar surface area (TPSA) is 26.3 Å². The fraction of sp³-hybridized carbons (Fsp3) is 0.667. The molecule has 2 heteroatoms. The molecule has 0 spiro atoms. The summed E-state index contributed by atoms with van der Waals surface area (Å²) in [7, 11) is 1.43. The third kappa shape index (κ3) is 2.07. The highest BCUT2D eigenvalue weighted by molar-refractivity contribution is 5.70. The van der Waals surface area contributed by atoms with E-state index in [4.69, 9.17) is 0 Å². The van der Waals surface area contributed by atoms with Gasteiger partial charge < -0.3 is 4.74 Å². The molecule has 0 saturated heterocycles. The van der Waals surface area contributed by atoms with Gasteiger partial charge in [0.2, 0.25) is 0 Å². The lowest BCUT2D eigenvalue weighted by Gasteiger charge is -2.19. The molecule has 0 aliphatic heterocycles. The Morgan fingerprint density at radius 3 is 2.91 bits per heavy atom. The van der Waals surface area contributed by atoms with E-state index >= 15 is 0 Å². The quantitative estimate of drug-likeness (QED) is 0.448. The molecule has 0 saturated carbocycles. The Labute approximate surface area is 67.2 Å². The zero-order valence-electron chi connectivity index (χ0n) is 7.09. The van der Waals surface area contributed by atoms with Crippen LogP contribution < -0.4 is 0 Å². The Balaban J connectivity index is 2.47. The van der Waals surface area contributed by atoms with E-state index in [1.807, 2.05) is 0 Å². The number of rotatable bonds is 2. The maximum absolute atomic E-state index is 10.9. The van der Waals surface area contributed by atoms with Crippen LogP contribution in [-0.4, -0.2) is 13.1 Å². The molecule has 0 unspecified atom stereocenters. The van der Waals surface area contributed by atoms with Gasteiger partial charge in [0.05, 0.1) is 13.5 Å². The SMILES string of the molecule is COC(=O)C[C@@]1(C)C=CCC1. The van der Waals surface area contributed by atoms with Gasteiger partial charge in [0.1, 0.15) is 0 Å². The molecule has 2 nitrogen and oxygen atoms in total. The van der Waals surface area contributed by atoms with Gasteiger partial charge in [-0.05, 0) is 18.3 Å². The van der Waals surface area contributed by atoms with Crippen molar-refractivity contribution in [3.05, 3.63) is 12.2 Å². The number of hydrogen-bond donors (Lipinski definition) is 0. The summed E-state index contributed by atoms with van der Waals surface area (Å²) in [5.41, 5.74) is 0.0626. The van der Waals surface area contributed by atoms with Crippen LogP contribution in [0.4, 0.5) is 0 Å². The van der Waals surface area contributed by atoms with E-state index in [0.717, 1.165) is 12.8 Å². The van der Waals surface area contributed by atoms with E-state index in [1.165, 1.54) is 7.11 Å². The highest BCUT2D eigenvalue weighted by Gasteiger charge is 2.27. The maximum Gasteiger partial charge on any atom is 0.306 e. The summed E-state index contributed by atoms with van der Waals surface area (Å²) in [6.45, 7) is 2.09. The van der Waals surface area contributed by atoms with Gasteiger partial charge in [-0.2, -0.15) is 0 Å². The minimum absolute atomic E-state index is 0.0626. The van der Waals surface area contributed by atoms with Crippen molar-refractivity contribution in [2.24, 2.45) is 5.41 Å². The first kappa shape index (κ1) is 8.31. The Hall–Kier alpha value is -0.790. The molecule has 0 amide bonds. The highest BCUT2D eigenvalue weighted by atomic mass is 16.5. The van der Waals surface area contributed by atoms with Crippen molar-refractivity contribution in [2.75, 3.05) is 7.11 Å². The predicted molar refractivity (Wildman–Crippen MR) is 43.1 cm³/mol. The monoisotopic (exact) mass is 154 g/mol. The number of hydrogen-bond acceptors (Lipinski definition) is 2. The van der Waals surface area contributed by atoms with Crippen molar-refractivity contribution in [3.63, 3.8) is 0 Å². The van der Waals surface area contributed by atoms with E-state index in [0.29, 0.717) is 6.42 Å². The van der Waals surface area contributed by atoms with Crippen LogP contribution in [0.1, 0.15) is 26.2 Å². The number of carbonyl (C=O) groups excluding carboxylic acids is 1. The van der Waals surface area contributed by atoms with Crippen molar-refractivity contribution < 1.29 is 9.53 Å². The smallest absolute Gasteiger partial charge is 0.306 e. The first-order chi connectivity index (χ1) is 5.16. The largest absolute Gasteiger partial charge is 0.469 e. The summed E-state index contributed by atoms with van der Waals surface area (Å²) in [5, 5.41) is 0. The molecular weight excluding hydrogens is 140 g/mol. The van der Waals surface area contributed by atoms with Crippen molar-refractivity contribution in [1.82, 2.24) is 0 Å². The molecule has 0 bridgehead atoms. The molecule has 0 aromatic heterocycles. The molecule has 62 valence electrons. The normalized spacial score (nSPS) is 28.9. The van der Waals surface area contributed by atoms with Gasteiger partial charge in [-0.1, -0.05) is 19.1 Å². The number of allylic oxidation sites excluding steroid dienone is 2. The molecule has 0 fully saturated rings. The highest BCUT2D eigenvalue weighted by Crippen LogP contribution is 2.34. The summed E-state index contributed by atoms with van der Waals surface area (Å²) in [6, 6.07) is 0. The Bertz CT molecular complexity index is 184. The summed E-state index contributed by atoms with van der Waals surface area (Å²) in [6.07, 6.45) is 6.92. The lowest BCUT2D eigenvalue weighted by atomic mass is 9.87. The standard InChI is InChI=1S/C9H14O2/c1-9(5-3-4-6-9)7-8(10)11-2/h3,5H,4,6-7H2,1-2H3/t9-/m0/s1. The minimum atomic E-state index is -0.112. The summed E-state index contributed by atoms with van der Waals surface area (Å²) in [4.78, 5) is 10.9. The van der Waals surface area contributed by atoms with E-state index in [1.54, 1.807) is 0 Å². The van der Waals surface area contributed by atoms with Crippen LogP contribution in [0.15, 0.2) is 12.2 Å². The third-order valence-corrected chi connectivity index (χ3v) is 2.18. The molecular formula is C9H14O2. The second kappa shape index (κ2) is 3.07. The van der Waals surface area contributed by atoms with Gasteiger partial charge in [0.15, 0.2) is 0 Å². The molecule has 0 aromatic carbocycles. The second-order valence-corrected chi connectivity index (χ2v) is 3.35. The molecule has 11 heavy (non-hydrogen) atoms. The van der Waals surface area contributed by atoms with Crippen molar-refractivity contribution in [2.45, 2.75) is 26.2 Å². The van der Waals surface area contributed by atoms with E-state index in [-0.39, 0.29) is 11.4 Å². The lowest BCUT2D eigenvalue weighted by molar-refractivity contribution is -0.142. The second-order valence-electron chi connectivity index (χ2n) is 3.35. The van der Waals surface area contributed by atoms with Crippen molar-refractivity contribution >= 4 is 5.97 Å². The Morgan fingerprint density at radius 1 is 1.73 bits per heavy atom. The van der Waals surface area contributed by atoms with Crippen molar-refractivity contribution in [1.29, 1.82) is 0 Å². The van der Waals surface area contributed by atoms with Crippen LogP contribution in [0.5, 0.6) is 0 Å². The van der Waals surface area contributed by atoms with E-state index < -0.39 is 0 Å². The lowest BCUT2D eigenvalue weighted by Crippen LogP contribution is -2.16. The average molecular weight is 154 g/mol. The molecule has 0 radical (unpaired) electrons. The fourth-order valence-electron chi connectivity index (χ4n) is 1.41. The molecule has 0 N–H and O–H groups in total. The predicted octanol–water partition coefficient (Wildman–Crippen LogP) is 1.91. The van der Waals surface area contributed by atoms with Gasteiger partial charge in [0.25, 0.3) is 0 Å². The Kier molecular flexibility index (Phi) is 2.32. The van der Waals surface area contributed by atoms with Crippen molar-refractivity contribution in [3.8, 4) is 0 Å². The van der Waals surface area contributed by atoms with Gasteiger partial charge in [-0.3, -0.25) is 4.79 Å². The van der Waals surface area contributed by atoms with Crippen LogP contribution >= 0.6 is 0 Å². The Morgan fingerprint density at radius 2 is 2.45 bits per heavy atom. The van der Waals surface area contributed by atoms with Crippen LogP contribution in [0.3, 0.4) is 0 Å². The fourth-order valence-corrected chi connectivity index (χ4v) is 1.41. The van der Waals surface area contributed by atoms with Gasteiger partial charge in [-0.15, -0.1) is 0 Å². The third-order valence-electron chi connectivity index (χ3n) is 2.18. The van der Waals surface area contributed by atoms with Gasteiger partial charge in [0, 0.05) is 0 Å². The average Bonchev–Trinajstić information content (AvgIpc) is 2.36. The van der Waals surface area contributed by atoms with Crippen LogP contribution in [0, 0.1) is 5.41 Å². The summed E-state index contributed by atoms with van der Waals surface area (Å²) in [5.74, 6) is -0.112. The van der Waals surface area contributed by atoms with E-state index in [2.05, 4.69) is 23.8 Å². The molecule has 1 atom stereocenters. The molecule has 1 aliphatic rings. The molecule has 0 heterocycles. The number of methoxy groups -OCH3 is 1. The van der Waals surface area contributed by atoms with E-state index in [9.17, 15) is 4.79 Å². The summed E-state index contributed by atoms with van der Waals surface area (Å²) < 4.78 is 4.60. The zero-order chi connectivity index (χ0) is 8.32. The maximum atomic E-state index is 10.9. The molecule has 1 aliphatic carbocycles. The number of ether oxygens (including phenoxy) is 1. The van der Waals surface area contributed by atoms with Gasteiger partial charge >= 0.3 is 5.97 Å². The van der Waals surface area contributed by atoms with Crippen LogP contribution in [0.2, 0.25) is 0 Å². The van der Waals surface area contributed by atoms with Crippen LogP contribution in [-0.2, 0) is 9.53 Å². The number of carbonyl (C=O) groups is 1. The first-order valence-electron chi connectivity index (χ1n) is 3.91. The first-order valence-corrected chi connectivity index (χ1v) is 3.91. The van der Waals surface area contributed by atoms with Crippen LogP contribution in [0.25, 0.3) is 0 Å². The molecule has 0 aromatic rings. The minimum Gasteiger partial charge on any atom is -0.469 e.